The van der Waals surface area contributed by atoms with Crippen LogP contribution in [-0.4, -0.2) is 74.6 Å². The van der Waals surface area contributed by atoms with Crippen molar-refractivity contribution >= 4 is 33.4 Å². The summed E-state index contributed by atoms with van der Waals surface area (Å²) in [5.41, 5.74) is 2.14. The number of benzene rings is 2. The van der Waals surface area contributed by atoms with E-state index in [4.69, 9.17) is 0 Å². The van der Waals surface area contributed by atoms with E-state index in [9.17, 15) is 22.8 Å². The van der Waals surface area contributed by atoms with E-state index in [-0.39, 0.29) is 55.3 Å². The smallest absolute Gasteiger partial charge is 0.251 e. The maximum absolute atomic E-state index is 12.8. The fourth-order valence-corrected chi connectivity index (χ4v) is 5.54. The highest BCUT2D eigenvalue weighted by Crippen LogP contribution is 2.22. The maximum Gasteiger partial charge on any atom is 0.251 e. The van der Waals surface area contributed by atoms with Crippen LogP contribution in [0.2, 0.25) is 0 Å². The van der Waals surface area contributed by atoms with Crippen molar-refractivity contribution < 1.29 is 22.8 Å². The van der Waals surface area contributed by atoms with E-state index < -0.39 is 10.0 Å². The van der Waals surface area contributed by atoms with Gasteiger partial charge in [-0.3, -0.25) is 14.4 Å². The second-order valence-electron chi connectivity index (χ2n) is 8.48. The van der Waals surface area contributed by atoms with Gasteiger partial charge in [0.25, 0.3) is 5.91 Å². The topological polar surface area (TPSA) is 107 Å². The molecule has 0 saturated carbocycles. The van der Waals surface area contributed by atoms with Gasteiger partial charge in [-0.2, -0.15) is 4.31 Å². The fourth-order valence-electron chi connectivity index (χ4n) is 4.12. The quantitative estimate of drug-likeness (QED) is 0.667. The number of anilines is 1. The molecule has 2 saturated heterocycles. The molecule has 9 nitrogen and oxygen atoms in total. The lowest BCUT2D eigenvalue weighted by molar-refractivity contribution is -0.131. The van der Waals surface area contributed by atoms with Crippen LogP contribution in [0.4, 0.5) is 5.69 Å². The first kappa shape index (κ1) is 23.9. The summed E-state index contributed by atoms with van der Waals surface area (Å²) in [5.74, 6) is -0.567. The Hall–Kier alpha value is -3.24. The Balaban J connectivity index is 1.26. The minimum atomic E-state index is -3.60. The highest BCUT2D eigenvalue weighted by molar-refractivity contribution is 7.89. The van der Waals surface area contributed by atoms with Crippen LogP contribution >= 0.6 is 0 Å². The minimum absolute atomic E-state index is 0.0783. The zero-order valence-electron chi connectivity index (χ0n) is 19.1. The van der Waals surface area contributed by atoms with Gasteiger partial charge in [0, 0.05) is 50.4 Å². The molecule has 2 aliphatic heterocycles. The van der Waals surface area contributed by atoms with Crippen molar-refractivity contribution in [1.29, 1.82) is 0 Å². The second-order valence-corrected chi connectivity index (χ2v) is 10.4. The minimum Gasteiger partial charge on any atom is -0.343 e. The molecule has 2 aromatic carbocycles. The number of aryl methyl sites for hydroxylation is 1. The Kier molecular flexibility index (Phi) is 6.99. The average molecular weight is 485 g/mol. The molecular weight excluding hydrogens is 456 g/mol. The standard InChI is InChI=1S/C24H28N4O5S/c1-18-4-10-21(11-5-18)34(32,33)27-15-13-26(14-16-27)23(30)17-25-24(31)19-6-8-20(9-7-19)28-12-2-3-22(28)29/h4-11H,2-3,12-17H2,1H3,(H,25,31). The van der Waals surface area contributed by atoms with E-state index in [1.807, 2.05) is 6.92 Å². The average Bonchev–Trinajstić information content (AvgIpc) is 3.28. The van der Waals surface area contributed by atoms with Gasteiger partial charge in [-0.15, -0.1) is 0 Å². The number of piperazine rings is 1. The van der Waals surface area contributed by atoms with Crippen LogP contribution in [0.3, 0.4) is 0 Å². The van der Waals surface area contributed by atoms with E-state index in [1.54, 1.807) is 58.3 Å². The van der Waals surface area contributed by atoms with Crippen LogP contribution in [0.25, 0.3) is 0 Å². The molecule has 0 unspecified atom stereocenters. The van der Waals surface area contributed by atoms with E-state index in [1.165, 1.54) is 4.31 Å². The first-order valence-electron chi connectivity index (χ1n) is 11.3. The van der Waals surface area contributed by atoms with E-state index in [0.717, 1.165) is 17.7 Å². The monoisotopic (exact) mass is 484 g/mol. The van der Waals surface area contributed by atoms with Gasteiger partial charge < -0.3 is 15.1 Å². The third-order valence-corrected chi connectivity index (χ3v) is 8.08. The van der Waals surface area contributed by atoms with Crippen molar-refractivity contribution in [2.75, 3.05) is 44.2 Å². The molecule has 1 N–H and O–H groups in total. The molecule has 0 radical (unpaired) electrons. The Bertz CT molecular complexity index is 1170. The van der Waals surface area contributed by atoms with Crippen LogP contribution in [0.5, 0.6) is 0 Å². The van der Waals surface area contributed by atoms with Crippen molar-refractivity contribution in [1.82, 2.24) is 14.5 Å². The highest BCUT2D eigenvalue weighted by Gasteiger charge is 2.30. The van der Waals surface area contributed by atoms with Crippen LogP contribution in [0, 0.1) is 6.92 Å². The molecule has 0 bridgehead atoms. The molecule has 0 aromatic heterocycles. The lowest BCUT2D eigenvalue weighted by Gasteiger charge is -2.34. The normalized spacial score (nSPS) is 17.1. The number of sulfonamides is 1. The summed E-state index contributed by atoms with van der Waals surface area (Å²) in [7, 11) is -3.60. The summed E-state index contributed by atoms with van der Waals surface area (Å²) in [6, 6.07) is 13.4. The predicted octanol–water partition coefficient (Wildman–Crippen LogP) is 1.38. The molecule has 10 heteroatoms. The molecule has 34 heavy (non-hydrogen) atoms. The molecule has 0 aliphatic carbocycles. The van der Waals surface area contributed by atoms with Gasteiger partial charge in [0.1, 0.15) is 0 Å². The maximum atomic E-state index is 12.8. The largest absolute Gasteiger partial charge is 0.343 e. The van der Waals surface area contributed by atoms with Crippen molar-refractivity contribution in [3.05, 3.63) is 59.7 Å². The third kappa shape index (κ3) is 5.13. The number of hydrogen-bond donors (Lipinski definition) is 1. The van der Waals surface area contributed by atoms with Gasteiger partial charge in [-0.25, -0.2) is 8.42 Å². The Labute approximate surface area is 199 Å². The number of rotatable bonds is 6. The first-order valence-corrected chi connectivity index (χ1v) is 12.7. The lowest BCUT2D eigenvalue weighted by atomic mass is 10.2. The van der Waals surface area contributed by atoms with Crippen LogP contribution < -0.4 is 10.2 Å². The van der Waals surface area contributed by atoms with Crippen molar-refractivity contribution in [3.8, 4) is 0 Å². The summed E-state index contributed by atoms with van der Waals surface area (Å²) in [6.45, 7) is 3.33. The van der Waals surface area contributed by atoms with Crippen molar-refractivity contribution in [2.45, 2.75) is 24.7 Å². The molecule has 3 amide bonds. The molecule has 180 valence electrons. The SMILES string of the molecule is Cc1ccc(S(=O)(=O)N2CCN(C(=O)CNC(=O)c3ccc(N4CCCC4=O)cc3)CC2)cc1. The van der Waals surface area contributed by atoms with Gasteiger partial charge in [0.15, 0.2) is 0 Å². The summed E-state index contributed by atoms with van der Waals surface area (Å²) in [4.78, 5) is 40.4. The molecule has 0 spiro atoms. The van der Waals surface area contributed by atoms with Crippen LogP contribution in [0.1, 0.15) is 28.8 Å². The van der Waals surface area contributed by atoms with E-state index in [2.05, 4.69) is 5.32 Å². The molecule has 2 aromatic rings. The van der Waals surface area contributed by atoms with E-state index >= 15 is 0 Å². The molecular formula is C24H28N4O5S. The summed E-state index contributed by atoms with van der Waals surface area (Å²) >= 11 is 0. The van der Waals surface area contributed by atoms with Crippen LogP contribution in [0.15, 0.2) is 53.4 Å². The second kappa shape index (κ2) is 9.94. The van der Waals surface area contributed by atoms with Crippen LogP contribution in [-0.2, 0) is 19.6 Å². The number of nitrogens with one attached hydrogen (secondary N) is 1. The zero-order valence-corrected chi connectivity index (χ0v) is 19.9. The first-order chi connectivity index (χ1) is 16.3. The molecule has 0 atom stereocenters. The fraction of sp³-hybridized carbons (Fsp3) is 0.375. The number of hydrogen-bond acceptors (Lipinski definition) is 5. The van der Waals surface area contributed by atoms with Gasteiger partial charge >= 0.3 is 0 Å². The molecule has 2 heterocycles. The highest BCUT2D eigenvalue weighted by atomic mass is 32.2. The summed E-state index contributed by atoms with van der Waals surface area (Å²) in [5, 5.41) is 2.62. The Morgan fingerprint density at radius 3 is 2.15 bits per heavy atom. The van der Waals surface area contributed by atoms with Crippen molar-refractivity contribution in [2.24, 2.45) is 0 Å². The third-order valence-electron chi connectivity index (χ3n) is 6.16. The summed E-state index contributed by atoms with van der Waals surface area (Å²) < 4.78 is 27.0. The van der Waals surface area contributed by atoms with Gasteiger partial charge in [-0.05, 0) is 49.7 Å². The summed E-state index contributed by atoms with van der Waals surface area (Å²) in [6.07, 6.45) is 1.37. The molecule has 2 aliphatic rings. The Morgan fingerprint density at radius 2 is 1.56 bits per heavy atom. The van der Waals surface area contributed by atoms with Gasteiger partial charge in [0.05, 0.1) is 11.4 Å². The number of amides is 3. The van der Waals surface area contributed by atoms with Gasteiger partial charge in [0.2, 0.25) is 21.8 Å². The zero-order chi connectivity index (χ0) is 24.3. The van der Waals surface area contributed by atoms with Gasteiger partial charge in [-0.1, -0.05) is 17.7 Å². The molecule has 4 rings (SSSR count). The number of carbonyl (C=O) groups is 3. The molecule has 2 fully saturated rings. The number of carbonyl (C=O) groups excluding carboxylic acids is 3. The van der Waals surface area contributed by atoms with E-state index in [0.29, 0.717) is 18.5 Å². The number of nitrogens with zero attached hydrogens (tertiary/aromatic N) is 3. The predicted molar refractivity (Wildman–Crippen MR) is 127 cm³/mol. The van der Waals surface area contributed by atoms with Crippen molar-refractivity contribution in [3.63, 3.8) is 0 Å². The lowest BCUT2D eigenvalue weighted by Crippen LogP contribution is -2.52. The Morgan fingerprint density at radius 1 is 0.912 bits per heavy atom.